The van der Waals surface area contributed by atoms with Gasteiger partial charge in [-0.05, 0) is 36.6 Å². The lowest BCUT2D eigenvalue weighted by atomic mass is 9.96. The van der Waals surface area contributed by atoms with E-state index >= 15 is 0 Å². The number of nitrogens with two attached hydrogens (primary N) is 1. The summed E-state index contributed by atoms with van der Waals surface area (Å²) >= 11 is 3.37. The normalized spacial score (nSPS) is 14.1. The monoisotopic (exact) mass is 298 g/mol. The molecule has 0 spiro atoms. The van der Waals surface area contributed by atoms with Crippen molar-refractivity contribution in [2.45, 2.75) is 32.7 Å². The summed E-state index contributed by atoms with van der Waals surface area (Å²) in [5, 5.41) is 3.19. The average molecular weight is 299 g/mol. The van der Waals surface area contributed by atoms with Gasteiger partial charge >= 0.3 is 0 Å². The van der Waals surface area contributed by atoms with Crippen LogP contribution in [0.4, 0.5) is 5.69 Å². The van der Waals surface area contributed by atoms with Crippen LogP contribution in [0.5, 0.6) is 0 Å². The van der Waals surface area contributed by atoms with Crippen molar-refractivity contribution < 1.29 is 4.79 Å². The molecule has 0 aromatic heterocycles. The summed E-state index contributed by atoms with van der Waals surface area (Å²) in [6.07, 6.45) is 2.03. The molecule has 0 aliphatic carbocycles. The van der Waals surface area contributed by atoms with Crippen LogP contribution in [0.1, 0.15) is 26.7 Å². The van der Waals surface area contributed by atoms with Crippen molar-refractivity contribution >= 4 is 27.5 Å². The molecule has 1 rings (SSSR count). The van der Waals surface area contributed by atoms with Crippen LogP contribution in [-0.2, 0) is 4.79 Å². The highest BCUT2D eigenvalue weighted by molar-refractivity contribution is 9.10. The smallest absolute Gasteiger partial charge is 0.240 e. The highest BCUT2D eigenvalue weighted by Crippen LogP contribution is 2.19. The van der Waals surface area contributed by atoms with Gasteiger partial charge in [0.25, 0.3) is 0 Å². The molecule has 0 aliphatic rings. The first-order chi connectivity index (χ1) is 8.04. The molecule has 17 heavy (non-hydrogen) atoms. The first kappa shape index (κ1) is 14.0. The lowest BCUT2D eigenvalue weighted by molar-refractivity contribution is -0.119. The predicted octanol–water partition coefficient (Wildman–Crippen LogP) is 3.15. The summed E-state index contributed by atoms with van der Waals surface area (Å²) in [4.78, 5) is 11.4. The van der Waals surface area contributed by atoms with Gasteiger partial charge in [-0.1, -0.05) is 36.2 Å². The molecular formula is C13H19BrN2O. The van der Waals surface area contributed by atoms with E-state index in [1.54, 1.807) is 0 Å². The van der Waals surface area contributed by atoms with Crippen molar-refractivity contribution in [1.82, 2.24) is 0 Å². The second-order valence-corrected chi connectivity index (χ2v) is 5.21. The third-order valence-corrected chi connectivity index (χ3v) is 3.31. The molecule has 0 heterocycles. The second-order valence-electron chi connectivity index (χ2n) is 4.30. The standard InChI is InChI=1S/C13H19BrN2O/c1-3-4-9(2)12(13(15)17)16-11-7-5-10(14)6-8-11/h5-9,12,16H,3-4H2,1-2H3,(H2,15,17). The van der Waals surface area contributed by atoms with Crippen molar-refractivity contribution in [3.05, 3.63) is 28.7 Å². The molecule has 4 heteroatoms. The van der Waals surface area contributed by atoms with Gasteiger partial charge < -0.3 is 11.1 Å². The van der Waals surface area contributed by atoms with E-state index < -0.39 is 0 Å². The maximum atomic E-state index is 11.4. The fraction of sp³-hybridized carbons (Fsp3) is 0.462. The van der Waals surface area contributed by atoms with Crippen molar-refractivity contribution in [1.29, 1.82) is 0 Å². The Labute approximate surface area is 111 Å². The van der Waals surface area contributed by atoms with Crippen LogP contribution in [0.15, 0.2) is 28.7 Å². The third-order valence-electron chi connectivity index (χ3n) is 2.79. The van der Waals surface area contributed by atoms with Crippen LogP contribution < -0.4 is 11.1 Å². The van der Waals surface area contributed by atoms with Crippen molar-refractivity contribution in [3.63, 3.8) is 0 Å². The fourth-order valence-electron chi connectivity index (χ4n) is 1.84. The molecule has 2 atom stereocenters. The number of hydrogen-bond acceptors (Lipinski definition) is 2. The fourth-order valence-corrected chi connectivity index (χ4v) is 2.11. The molecule has 0 radical (unpaired) electrons. The van der Waals surface area contributed by atoms with E-state index in [-0.39, 0.29) is 17.9 Å². The van der Waals surface area contributed by atoms with E-state index in [9.17, 15) is 4.79 Å². The number of amides is 1. The maximum absolute atomic E-state index is 11.4. The van der Waals surface area contributed by atoms with Gasteiger partial charge in [0, 0.05) is 10.2 Å². The lowest BCUT2D eigenvalue weighted by Gasteiger charge is -2.23. The molecule has 2 unspecified atom stereocenters. The molecular weight excluding hydrogens is 280 g/mol. The molecule has 0 aliphatic heterocycles. The number of carbonyl (C=O) groups is 1. The largest absolute Gasteiger partial charge is 0.373 e. The lowest BCUT2D eigenvalue weighted by Crippen LogP contribution is -2.40. The number of carbonyl (C=O) groups excluding carboxylic acids is 1. The van der Waals surface area contributed by atoms with Gasteiger partial charge in [-0.15, -0.1) is 0 Å². The van der Waals surface area contributed by atoms with Gasteiger partial charge in [0.2, 0.25) is 5.91 Å². The Hall–Kier alpha value is -1.03. The third kappa shape index (κ3) is 4.38. The van der Waals surface area contributed by atoms with Crippen molar-refractivity contribution in [3.8, 4) is 0 Å². The molecule has 0 fully saturated rings. The maximum Gasteiger partial charge on any atom is 0.240 e. The topological polar surface area (TPSA) is 55.1 Å². The van der Waals surface area contributed by atoms with E-state index in [1.807, 2.05) is 31.2 Å². The Morgan fingerprint density at radius 2 is 2.00 bits per heavy atom. The molecule has 0 saturated heterocycles. The second kappa shape index (κ2) is 6.64. The average Bonchev–Trinajstić information content (AvgIpc) is 2.28. The van der Waals surface area contributed by atoms with Crippen LogP contribution in [-0.4, -0.2) is 11.9 Å². The Kier molecular flexibility index (Phi) is 5.48. The Morgan fingerprint density at radius 3 is 2.47 bits per heavy atom. The molecule has 1 amide bonds. The number of halogens is 1. The predicted molar refractivity (Wildman–Crippen MR) is 74.8 cm³/mol. The van der Waals surface area contributed by atoms with Gasteiger partial charge in [0.05, 0.1) is 0 Å². The minimum atomic E-state index is -0.309. The summed E-state index contributed by atoms with van der Waals surface area (Å²) < 4.78 is 1.01. The Bertz CT molecular complexity index is 364. The van der Waals surface area contributed by atoms with Crippen LogP contribution in [0, 0.1) is 5.92 Å². The van der Waals surface area contributed by atoms with Gasteiger partial charge in [-0.25, -0.2) is 0 Å². The van der Waals surface area contributed by atoms with Crippen LogP contribution >= 0.6 is 15.9 Å². The molecule has 94 valence electrons. The van der Waals surface area contributed by atoms with Crippen LogP contribution in [0.3, 0.4) is 0 Å². The number of benzene rings is 1. The van der Waals surface area contributed by atoms with Crippen LogP contribution in [0.2, 0.25) is 0 Å². The zero-order valence-corrected chi connectivity index (χ0v) is 11.8. The number of nitrogens with one attached hydrogen (secondary N) is 1. The summed E-state index contributed by atoms with van der Waals surface area (Å²) in [6.45, 7) is 4.15. The van der Waals surface area contributed by atoms with E-state index in [0.29, 0.717) is 0 Å². The number of primary amides is 1. The zero-order chi connectivity index (χ0) is 12.8. The SMILES string of the molecule is CCCC(C)C(Nc1ccc(Br)cc1)C(N)=O. The number of hydrogen-bond donors (Lipinski definition) is 2. The van der Waals surface area contributed by atoms with E-state index in [2.05, 4.69) is 28.2 Å². The van der Waals surface area contributed by atoms with Gasteiger partial charge in [-0.2, -0.15) is 0 Å². The molecule has 0 saturated carbocycles. The molecule has 3 nitrogen and oxygen atoms in total. The summed E-state index contributed by atoms with van der Waals surface area (Å²) in [5.74, 6) is -0.0602. The summed E-state index contributed by atoms with van der Waals surface area (Å²) in [5.41, 5.74) is 6.35. The molecule has 0 bridgehead atoms. The van der Waals surface area contributed by atoms with Crippen LogP contribution in [0.25, 0.3) is 0 Å². The Morgan fingerprint density at radius 1 is 1.41 bits per heavy atom. The van der Waals surface area contributed by atoms with Crippen molar-refractivity contribution in [2.75, 3.05) is 5.32 Å². The zero-order valence-electron chi connectivity index (χ0n) is 10.2. The number of anilines is 1. The highest BCUT2D eigenvalue weighted by atomic mass is 79.9. The highest BCUT2D eigenvalue weighted by Gasteiger charge is 2.21. The van der Waals surface area contributed by atoms with Crippen molar-refractivity contribution in [2.24, 2.45) is 11.7 Å². The first-order valence-corrected chi connectivity index (χ1v) is 6.65. The quantitative estimate of drug-likeness (QED) is 0.848. The van der Waals surface area contributed by atoms with E-state index in [4.69, 9.17) is 5.73 Å². The van der Waals surface area contributed by atoms with Gasteiger partial charge in [-0.3, -0.25) is 4.79 Å². The molecule has 1 aromatic carbocycles. The molecule has 1 aromatic rings. The van der Waals surface area contributed by atoms with Gasteiger partial charge in [0.15, 0.2) is 0 Å². The number of rotatable bonds is 6. The Balaban J connectivity index is 2.73. The van der Waals surface area contributed by atoms with E-state index in [0.717, 1.165) is 23.0 Å². The molecule has 3 N–H and O–H groups in total. The summed E-state index contributed by atoms with van der Waals surface area (Å²) in [6, 6.07) is 7.42. The minimum Gasteiger partial charge on any atom is -0.373 e. The van der Waals surface area contributed by atoms with Gasteiger partial charge in [0.1, 0.15) is 6.04 Å². The van der Waals surface area contributed by atoms with E-state index in [1.165, 1.54) is 0 Å². The minimum absolute atomic E-state index is 0.237. The summed E-state index contributed by atoms with van der Waals surface area (Å²) in [7, 11) is 0. The first-order valence-electron chi connectivity index (χ1n) is 5.86.